The lowest BCUT2D eigenvalue weighted by Crippen LogP contribution is -2.50. The van der Waals surface area contributed by atoms with Crippen molar-refractivity contribution < 1.29 is 14.4 Å². The molecule has 4 amide bonds. The van der Waals surface area contributed by atoms with Crippen LogP contribution in [0.15, 0.2) is 55.1 Å². The molecule has 0 bridgehead atoms. The second-order valence-electron chi connectivity index (χ2n) is 11.6. The van der Waals surface area contributed by atoms with Gasteiger partial charge in [0, 0.05) is 80.9 Å². The maximum absolute atomic E-state index is 13.5. The maximum atomic E-state index is 13.5. The first-order chi connectivity index (χ1) is 21.8. The fourth-order valence-corrected chi connectivity index (χ4v) is 5.70. The van der Waals surface area contributed by atoms with Crippen LogP contribution in [0, 0.1) is 11.3 Å². The van der Waals surface area contributed by atoms with Crippen molar-refractivity contribution in [2.45, 2.75) is 51.7 Å². The number of fused-ring (bicyclic) bond motifs is 1. The average molecular weight is 607 g/mol. The average Bonchev–Trinajstić information content (AvgIpc) is 3.45. The third-order valence-electron chi connectivity index (χ3n) is 7.95. The van der Waals surface area contributed by atoms with Crippen molar-refractivity contribution >= 4 is 40.4 Å². The van der Waals surface area contributed by atoms with Crippen molar-refractivity contribution in [3.8, 4) is 11.9 Å². The molecule has 3 N–H and O–H groups in total. The summed E-state index contributed by atoms with van der Waals surface area (Å²) in [5.41, 5.74) is 3.35. The number of likely N-dealkylation sites (tertiary alicyclic amines) is 1. The van der Waals surface area contributed by atoms with E-state index in [1.54, 1.807) is 18.5 Å². The molecule has 0 spiro atoms. The predicted molar refractivity (Wildman–Crippen MR) is 168 cm³/mol. The van der Waals surface area contributed by atoms with Crippen LogP contribution < -0.4 is 20.9 Å². The number of imide groups is 1. The van der Waals surface area contributed by atoms with Gasteiger partial charge in [-0.3, -0.25) is 29.3 Å². The molecule has 0 aliphatic carbocycles. The number of rotatable bonds is 8. The lowest BCUT2D eigenvalue weighted by Gasteiger charge is -2.32. The van der Waals surface area contributed by atoms with E-state index in [9.17, 15) is 19.6 Å². The van der Waals surface area contributed by atoms with Gasteiger partial charge in [-0.2, -0.15) is 5.26 Å². The quantitative estimate of drug-likeness (QED) is 0.273. The molecule has 0 saturated carbocycles. The molecule has 2 saturated heterocycles. The summed E-state index contributed by atoms with van der Waals surface area (Å²) < 4.78 is 1.84. The Morgan fingerprint density at radius 2 is 1.89 bits per heavy atom. The molecule has 0 aromatic carbocycles. The van der Waals surface area contributed by atoms with Gasteiger partial charge in [0.25, 0.3) is 5.91 Å². The van der Waals surface area contributed by atoms with Crippen molar-refractivity contribution in [2.24, 2.45) is 0 Å². The molecule has 6 rings (SSSR count). The van der Waals surface area contributed by atoms with Crippen molar-refractivity contribution in [1.82, 2.24) is 35.1 Å². The number of nitriles is 1. The Labute approximate surface area is 260 Å². The number of nitrogens with one attached hydrogen (secondary N) is 3. The lowest BCUT2D eigenvalue weighted by molar-refractivity contribution is -0.120. The van der Waals surface area contributed by atoms with Crippen LogP contribution in [0.1, 0.15) is 54.6 Å². The monoisotopic (exact) mass is 606 g/mol. The van der Waals surface area contributed by atoms with E-state index in [1.807, 2.05) is 48.9 Å². The molecule has 0 unspecified atom stereocenters. The number of pyridine rings is 3. The molecule has 0 radical (unpaired) electrons. The summed E-state index contributed by atoms with van der Waals surface area (Å²) in [6.45, 7) is 6.64. The number of aromatic nitrogens is 4. The van der Waals surface area contributed by atoms with Crippen LogP contribution in [0.25, 0.3) is 16.9 Å². The number of hydrogen-bond acceptors (Lipinski definition) is 9. The van der Waals surface area contributed by atoms with Crippen molar-refractivity contribution in [3.63, 3.8) is 0 Å². The summed E-state index contributed by atoms with van der Waals surface area (Å²) in [5.74, 6) is 0.688. The van der Waals surface area contributed by atoms with Gasteiger partial charge in [-0.25, -0.2) is 19.7 Å². The molecule has 4 aromatic rings. The Morgan fingerprint density at radius 3 is 2.64 bits per heavy atom. The molecule has 45 heavy (non-hydrogen) atoms. The molecule has 0 atom stereocenters. The topological polar surface area (TPSA) is 161 Å². The van der Waals surface area contributed by atoms with E-state index < -0.39 is 6.03 Å². The van der Waals surface area contributed by atoms with Gasteiger partial charge in [0.2, 0.25) is 5.91 Å². The van der Waals surface area contributed by atoms with E-state index in [4.69, 9.17) is 0 Å². The highest BCUT2D eigenvalue weighted by Crippen LogP contribution is 2.24. The van der Waals surface area contributed by atoms with Crippen LogP contribution in [0.2, 0.25) is 0 Å². The minimum atomic E-state index is -0.450. The lowest BCUT2D eigenvalue weighted by atomic mass is 10.0. The number of piperidine rings is 1. The molecule has 4 aromatic heterocycles. The van der Waals surface area contributed by atoms with Crippen molar-refractivity contribution in [3.05, 3.63) is 71.8 Å². The summed E-state index contributed by atoms with van der Waals surface area (Å²) >= 11 is 0. The Bertz CT molecular complexity index is 1800. The van der Waals surface area contributed by atoms with Gasteiger partial charge in [0.1, 0.15) is 23.4 Å². The van der Waals surface area contributed by atoms with Crippen LogP contribution in [-0.2, 0) is 11.3 Å². The molecule has 2 fully saturated rings. The number of hydrogen-bond donors (Lipinski definition) is 3. The van der Waals surface area contributed by atoms with E-state index in [2.05, 4.69) is 41.9 Å². The Kier molecular flexibility index (Phi) is 8.39. The third-order valence-corrected chi connectivity index (χ3v) is 7.95. The zero-order valence-electron chi connectivity index (χ0n) is 25.2. The minimum Gasteiger partial charge on any atom is -0.382 e. The summed E-state index contributed by atoms with van der Waals surface area (Å²) in [7, 11) is 0. The zero-order valence-corrected chi connectivity index (χ0v) is 25.2. The van der Waals surface area contributed by atoms with Crippen LogP contribution >= 0.6 is 0 Å². The molecular formula is C32H34N10O3. The van der Waals surface area contributed by atoms with Crippen LogP contribution in [0.5, 0.6) is 0 Å². The number of anilines is 2. The molecule has 13 nitrogen and oxygen atoms in total. The first-order valence-corrected chi connectivity index (χ1v) is 15.0. The second kappa shape index (κ2) is 12.7. The Balaban J connectivity index is 1.09. The number of urea groups is 1. The Morgan fingerprint density at radius 1 is 1.07 bits per heavy atom. The Hall–Kier alpha value is -5.35. The first-order valence-electron chi connectivity index (χ1n) is 15.0. The van der Waals surface area contributed by atoms with E-state index >= 15 is 0 Å². The van der Waals surface area contributed by atoms with E-state index in [1.165, 1.54) is 11.1 Å². The number of carbonyl (C=O) groups excluding carboxylic acids is 3. The second-order valence-corrected chi connectivity index (χ2v) is 11.6. The summed E-state index contributed by atoms with van der Waals surface area (Å²) in [6.07, 6.45) is 8.51. The molecule has 2 aliphatic rings. The normalized spacial score (nSPS) is 16.1. The summed E-state index contributed by atoms with van der Waals surface area (Å²) in [6, 6.07) is 11.1. The fraction of sp³-hybridized carbons (Fsp3) is 0.344. The zero-order chi connectivity index (χ0) is 31.5. The molecule has 6 heterocycles. The molecular weight excluding hydrogens is 572 g/mol. The smallest absolute Gasteiger partial charge is 0.329 e. The van der Waals surface area contributed by atoms with Gasteiger partial charge in [0.05, 0.1) is 16.8 Å². The van der Waals surface area contributed by atoms with Crippen LogP contribution in [0.4, 0.5) is 16.3 Å². The molecule has 230 valence electrons. The standard InChI is InChI=1S/C32H34N10O3/c1-20(2)37-26-15-28(41-11-4-23-13-22(16-33)17-36-30(23)41)35-18-25(26)31(44)38-24-5-9-40(10-6-24)19-21-3-8-34-27(14-21)42-12-7-29(43)39-32(42)45/h3-4,8,11,13-15,17-18,20,24H,5-7,9-10,12,19H2,1-2H3,(H,35,37)(H,38,44)(H,39,43,45). The van der Waals surface area contributed by atoms with Crippen LogP contribution in [0.3, 0.4) is 0 Å². The predicted octanol–water partition coefficient (Wildman–Crippen LogP) is 3.35. The number of carbonyl (C=O) groups is 3. The highest BCUT2D eigenvalue weighted by atomic mass is 16.2. The highest BCUT2D eigenvalue weighted by molar-refractivity contribution is 6.05. The van der Waals surface area contributed by atoms with Gasteiger partial charge in [-0.05, 0) is 56.5 Å². The number of nitrogens with zero attached hydrogens (tertiary/aromatic N) is 7. The van der Waals surface area contributed by atoms with Crippen LogP contribution in [-0.4, -0.2) is 74.0 Å². The number of amides is 4. The van der Waals surface area contributed by atoms with Gasteiger partial charge in [0.15, 0.2) is 0 Å². The van der Waals surface area contributed by atoms with Crippen molar-refractivity contribution in [2.75, 3.05) is 29.9 Å². The fourth-order valence-electron chi connectivity index (χ4n) is 5.70. The van der Waals surface area contributed by atoms with Gasteiger partial charge in [-0.15, -0.1) is 0 Å². The molecule has 2 aliphatic heterocycles. The van der Waals surface area contributed by atoms with Gasteiger partial charge >= 0.3 is 6.03 Å². The minimum absolute atomic E-state index is 0.0230. The third kappa shape index (κ3) is 6.61. The highest BCUT2D eigenvalue weighted by Gasteiger charge is 2.26. The van der Waals surface area contributed by atoms with Gasteiger partial charge < -0.3 is 10.6 Å². The first kappa shape index (κ1) is 29.7. The largest absolute Gasteiger partial charge is 0.382 e. The van der Waals surface area contributed by atoms with Crippen molar-refractivity contribution in [1.29, 1.82) is 5.26 Å². The van der Waals surface area contributed by atoms with Gasteiger partial charge in [-0.1, -0.05) is 0 Å². The van der Waals surface area contributed by atoms with E-state index in [0.717, 1.165) is 36.9 Å². The van der Waals surface area contributed by atoms with E-state index in [0.29, 0.717) is 47.2 Å². The SMILES string of the molecule is CC(C)Nc1cc(-n2ccc3cc(C#N)cnc32)ncc1C(=O)NC1CCN(Cc2ccnc(N3CCC(=O)NC3=O)c2)CC1. The van der Waals surface area contributed by atoms with E-state index in [-0.39, 0.29) is 30.3 Å². The summed E-state index contributed by atoms with van der Waals surface area (Å²) in [4.78, 5) is 54.4. The maximum Gasteiger partial charge on any atom is 0.329 e. The molecule has 13 heteroatoms. The summed E-state index contributed by atoms with van der Waals surface area (Å²) in [5, 5.41) is 19.0.